The first-order chi connectivity index (χ1) is 16.1. The first-order valence-corrected chi connectivity index (χ1v) is 12.1. The third-order valence-electron chi connectivity index (χ3n) is 6.21. The van der Waals surface area contributed by atoms with Crippen molar-refractivity contribution in [3.05, 3.63) is 70.1 Å². The lowest BCUT2D eigenvalue weighted by atomic mass is 10.1. The zero-order valence-electron chi connectivity index (χ0n) is 18.4. The SMILES string of the molecule is Clc1ccc(Cc2nccc(OC3CCN(Cc4nccn4C[C@@H]4CCO4)CC3)n2)cc1Cl. The fourth-order valence-electron chi connectivity index (χ4n) is 4.23. The highest BCUT2D eigenvalue weighted by Gasteiger charge is 2.24. The Kier molecular flexibility index (Phi) is 7.11. The maximum absolute atomic E-state index is 6.20. The van der Waals surface area contributed by atoms with Crippen LogP contribution in [0.3, 0.4) is 0 Å². The molecule has 0 unspecified atom stereocenters. The predicted octanol–water partition coefficient (Wildman–Crippen LogP) is 4.40. The van der Waals surface area contributed by atoms with Crippen LogP contribution in [-0.4, -0.2) is 56.3 Å². The lowest BCUT2D eigenvalue weighted by Crippen LogP contribution is -2.39. The molecule has 0 amide bonds. The normalized spacial score (nSPS) is 19.4. The van der Waals surface area contributed by atoms with Crippen molar-refractivity contribution in [2.45, 2.75) is 51.0 Å². The second-order valence-electron chi connectivity index (χ2n) is 8.61. The number of nitrogens with zero attached hydrogens (tertiary/aromatic N) is 5. The molecule has 5 rings (SSSR count). The number of benzene rings is 1. The standard InChI is InChI=1S/C24H27Cl2N5O2/c25-20-2-1-17(13-21(20)26)14-22-27-7-3-24(29-22)33-18-4-9-30(10-5-18)16-23-28-8-11-31(23)15-19-6-12-32-19/h1-3,7-8,11,13,18-19H,4-6,9-10,12,14-16H2/t19-/m0/s1. The zero-order valence-corrected chi connectivity index (χ0v) is 19.9. The third kappa shape index (κ3) is 5.84. The van der Waals surface area contributed by atoms with Crippen molar-refractivity contribution >= 4 is 23.2 Å². The summed E-state index contributed by atoms with van der Waals surface area (Å²) in [4.78, 5) is 16.0. The van der Waals surface area contributed by atoms with Crippen LogP contribution in [0.1, 0.15) is 36.5 Å². The van der Waals surface area contributed by atoms with Gasteiger partial charge in [-0.25, -0.2) is 9.97 Å². The Morgan fingerprint density at radius 1 is 1.03 bits per heavy atom. The van der Waals surface area contributed by atoms with Gasteiger partial charge in [0.2, 0.25) is 5.88 Å². The molecular weight excluding hydrogens is 461 g/mol. The van der Waals surface area contributed by atoms with Gasteiger partial charge in [0.25, 0.3) is 0 Å². The maximum atomic E-state index is 6.20. The quantitative estimate of drug-likeness (QED) is 0.468. The smallest absolute Gasteiger partial charge is 0.216 e. The zero-order chi connectivity index (χ0) is 22.6. The van der Waals surface area contributed by atoms with Gasteiger partial charge in [0.15, 0.2) is 0 Å². The topological polar surface area (TPSA) is 65.3 Å². The van der Waals surface area contributed by atoms with Gasteiger partial charge in [-0.1, -0.05) is 29.3 Å². The molecule has 0 radical (unpaired) electrons. The molecule has 2 aliphatic heterocycles. The number of aromatic nitrogens is 4. The van der Waals surface area contributed by atoms with Crippen molar-refractivity contribution in [3.8, 4) is 5.88 Å². The summed E-state index contributed by atoms with van der Waals surface area (Å²) >= 11 is 12.1. The van der Waals surface area contributed by atoms with Crippen LogP contribution in [0, 0.1) is 0 Å². The van der Waals surface area contributed by atoms with E-state index in [2.05, 4.69) is 30.6 Å². The van der Waals surface area contributed by atoms with E-state index in [1.807, 2.05) is 24.4 Å². The minimum atomic E-state index is 0.150. The molecule has 0 bridgehead atoms. The molecule has 0 saturated carbocycles. The molecule has 33 heavy (non-hydrogen) atoms. The van der Waals surface area contributed by atoms with Crippen LogP contribution in [0.2, 0.25) is 10.0 Å². The summed E-state index contributed by atoms with van der Waals surface area (Å²) in [6.07, 6.45) is 9.80. The van der Waals surface area contributed by atoms with Crippen molar-refractivity contribution in [3.63, 3.8) is 0 Å². The van der Waals surface area contributed by atoms with Gasteiger partial charge in [0.05, 0.1) is 29.2 Å². The molecule has 2 fully saturated rings. The molecule has 0 aliphatic carbocycles. The van der Waals surface area contributed by atoms with E-state index in [0.29, 0.717) is 34.3 Å². The van der Waals surface area contributed by atoms with E-state index in [-0.39, 0.29) is 6.10 Å². The highest BCUT2D eigenvalue weighted by molar-refractivity contribution is 6.42. The van der Waals surface area contributed by atoms with Crippen LogP contribution >= 0.6 is 23.2 Å². The number of rotatable bonds is 8. The molecule has 2 aromatic heterocycles. The van der Waals surface area contributed by atoms with Gasteiger partial charge in [0, 0.05) is 50.8 Å². The maximum Gasteiger partial charge on any atom is 0.216 e. The number of hydrogen-bond acceptors (Lipinski definition) is 6. The second kappa shape index (κ2) is 10.4. The minimum Gasteiger partial charge on any atom is -0.474 e. The summed E-state index contributed by atoms with van der Waals surface area (Å²) in [7, 11) is 0. The van der Waals surface area contributed by atoms with Crippen molar-refractivity contribution in [2.24, 2.45) is 0 Å². The Balaban J connectivity index is 1.12. The highest BCUT2D eigenvalue weighted by atomic mass is 35.5. The van der Waals surface area contributed by atoms with E-state index in [0.717, 1.165) is 63.4 Å². The lowest BCUT2D eigenvalue weighted by molar-refractivity contribution is -0.0598. The van der Waals surface area contributed by atoms with E-state index in [1.165, 1.54) is 0 Å². The molecule has 3 aromatic rings. The number of hydrogen-bond donors (Lipinski definition) is 0. The Bertz CT molecular complexity index is 1080. The molecular formula is C24H27Cl2N5O2. The van der Waals surface area contributed by atoms with Crippen molar-refractivity contribution < 1.29 is 9.47 Å². The van der Waals surface area contributed by atoms with Crippen LogP contribution in [0.15, 0.2) is 42.9 Å². The van der Waals surface area contributed by atoms with E-state index < -0.39 is 0 Å². The van der Waals surface area contributed by atoms with Gasteiger partial charge in [-0.05, 0) is 37.0 Å². The lowest BCUT2D eigenvalue weighted by Gasteiger charge is -2.32. The fourth-order valence-corrected chi connectivity index (χ4v) is 4.55. The van der Waals surface area contributed by atoms with Crippen molar-refractivity contribution in [2.75, 3.05) is 19.7 Å². The molecule has 0 N–H and O–H groups in total. The Hall–Kier alpha value is -2.19. The van der Waals surface area contributed by atoms with Gasteiger partial charge in [-0.2, -0.15) is 4.98 Å². The van der Waals surface area contributed by atoms with Gasteiger partial charge in [-0.15, -0.1) is 0 Å². The van der Waals surface area contributed by atoms with Crippen LogP contribution in [-0.2, 0) is 24.2 Å². The minimum absolute atomic E-state index is 0.150. The van der Waals surface area contributed by atoms with Crippen molar-refractivity contribution in [1.82, 2.24) is 24.4 Å². The number of halogens is 2. The van der Waals surface area contributed by atoms with E-state index in [9.17, 15) is 0 Å². The number of piperidine rings is 1. The van der Waals surface area contributed by atoms with Crippen molar-refractivity contribution in [1.29, 1.82) is 0 Å². The molecule has 9 heteroatoms. The van der Waals surface area contributed by atoms with Crippen LogP contribution in [0.5, 0.6) is 5.88 Å². The molecule has 2 saturated heterocycles. The summed E-state index contributed by atoms with van der Waals surface area (Å²) in [5.41, 5.74) is 1.01. The van der Waals surface area contributed by atoms with Gasteiger partial charge in [0.1, 0.15) is 17.8 Å². The summed E-state index contributed by atoms with van der Waals surface area (Å²) in [6.45, 7) is 4.57. The Labute approximate surface area is 203 Å². The van der Waals surface area contributed by atoms with Gasteiger partial charge >= 0.3 is 0 Å². The van der Waals surface area contributed by atoms with E-state index >= 15 is 0 Å². The van der Waals surface area contributed by atoms with Gasteiger partial charge in [-0.3, -0.25) is 4.90 Å². The summed E-state index contributed by atoms with van der Waals surface area (Å²) < 4.78 is 14.0. The summed E-state index contributed by atoms with van der Waals surface area (Å²) in [5, 5.41) is 1.08. The number of imidazole rings is 1. The summed E-state index contributed by atoms with van der Waals surface area (Å²) in [6, 6.07) is 7.40. The van der Waals surface area contributed by atoms with Crippen LogP contribution < -0.4 is 4.74 Å². The fraction of sp³-hybridized carbons (Fsp3) is 0.458. The largest absolute Gasteiger partial charge is 0.474 e. The average Bonchev–Trinajstić information content (AvgIpc) is 3.22. The Morgan fingerprint density at radius 2 is 1.88 bits per heavy atom. The Morgan fingerprint density at radius 3 is 2.64 bits per heavy atom. The third-order valence-corrected chi connectivity index (χ3v) is 6.95. The van der Waals surface area contributed by atoms with Crippen LogP contribution in [0.25, 0.3) is 0 Å². The molecule has 4 heterocycles. The molecule has 7 nitrogen and oxygen atoms in total. The second-order valence-corrected chi connectivity index (χ2v) is 9.42. The van der Waals surface area contributed by atoms with E-state index in [1.54, 1.807) is 12.3 Å². The monoisotopic (exact) mass is 487 g/mol. The van der Waals surface area contributed by atoms with E-state index in [4.69, 9.17) is 32.7 Å². The number of likely N-dealkylation sites (tertiary alicyclic amines) is 1. The van der Waals surface area contributed by atoms with Crippen LogP contribution in [0.4, 0.5) is 0 Å². The highest BCUT2D eigenvalue weighted by Crippen LogP contribution is 2.24. The molecule has 0 spiro atoms. The molecule has 1 aromatic carbocycles. The van der Waals surface area contributed by atoms with Gasteiger partial charge < -0.3 is 14.0 Å². The molecule has 174 valence electrons. The first-order valence-electron chi connectivity index (χ1n) is 11.4. The molecule has 2 aliphatic rings. The molecule has 1 atom stereocenters. The summed E-state index contributed by atoms with van der Waals surface area (Å²) in [5.74, 6) is 2.42. The first kappa shape index (κ1) is 22.6. The number of ether oxygens (including phenoxy) is 2. The predicted molar refractivity (Wildman–Crippen MR) is 127 cm³/mol. The average molecular weight is 488 g/mol.